The molecule has 1 heterocycles. The van der Waals surface area contributed by atoms with Crippen LogP contribution in [0.3, 0.4) is 0 Å². The molecule has 0 amide bonds. The first-order valence-corrected chi connectivity index (χ1v) is 9.06. The predicted octanol–water partition coefficient (Wildman–Crippen LogP) is 1.66. The number of rotatable bonds is 3. The number of nitrogens with one attached hydrogen (secondary N) is 1. The first-order chi connectivity index (χ1) is 9.78. The van der Waals surface area contributed by atoms with Gasteiger partial charge in [0, 0.05) is 19.8 Å². The summed E-state index contributed by atoms with van der Waals surface area (Å²) in [5, 5.41) is 7.38. The molecule has 0 spiro atoms. The number of hydrogen-bond donors (Lipinski definition) is 1. The lowest BCUT2D eigenvalue weighted by atomic mass is 10.2. The van der Waals surface area contributed by atoms with Crippen LogP contribution >= 0.6 is 12.2 Å². The predicted molar refractivity (Wildman–Crippen MR) is 90.0 cm³/mol. The zero-order valence-electron chi connectivity index (χ0n) is 12.5. The highest BCUT2D eigenvalue weighted by atomic mass is 32.2. The van der Waals surface area contributed by atoms with E-state index in [0.29, 0.717) is 11.5 Å². The molecule has 1 aromatic carbocycles. The van der Waals surface area contributed by atoms with Gasteiger partial charge in [0.25, 0.3) is 0 Å². The van der Waals surface area contributed by atoms with Crippen LogP contribution in [0.1, 0.15) is 12.0 Å². The van der Waals surface area contributed by atoms with E-state index in [2.05, 4.69) is 5.32 Å². The molecular weight excluding hydrogens is 306 g/mol. The minimum atomic E-state index is -2.94. The maximum Gasteiger partial charge on any atom is 0.188 e. The standard InChI is InChI=1S/C14H21N3O2S2/c1-11-4-6-12(7-5-11)15-14(20)17(16(2)3)13-8-9-21(18,19)10-13/h4-7,13H,8-10H2,1-3H3,(H,15,20)/t13-/m0/s1. The molecule has 0 aliphatic carbocycles. The first kappa shape index (κ1) is 16.2. The molecule has 1 saturated heterocycles. The van der Waals surface area contributed by atoms with Crippen LogP contribution in [-0.4, -0.2) is 55.2 Å². The summed E-state index contributed by atoms with van der Waals surface area (Å²) in [4.78, 5) is 0. The molecular formula is C14H21N3O2S2. The fraction of sp³-hybridized carbons (Fsp3) is 0.500. The lowest BCUT2D eigenvalue weighted by molar-refractivity contribution is 0.0757. The molecule has 1 fully saturated rings. The largest absolute Gasteiger partial charge is 0.332 e. The number of sulfone groups is 1. The Hall–Kier alpha value is -1.18. The van der Waals surface area contributed by atoms with Gasteiger partial charge in [-0.25, -0.2) is 13.4 Å². The maximum absolute atomic E-state index is 11.7. The van der Waals surface area contributed by atoms with Crippen LogP contribution in [0.15, 0.2) is 24.3 Å². The summed E-state index contributed by atoms with van der Waals surface area (Å²) < 4.78 is 23.4. The topological polar surface area (TPSA) is 52.7 Å². The van der Waals surface area contributed by atoms with Crippen molar-refractivity contribution >= 4 is 32.9 Å². The monoisotopic (exact) mass is 327 g/mol. The molecule has 7 heteroatoms. The average Bonchev–Trinajstić information content (AvgIpc) is 2.72. The second-order valence-electron chi connectivity index (χ2n) is 5.54. The van der Waals surface area contributed by atoms with Crippen LogP contribution in [0.4, 0.5) is 5.69 Å². The Morgan fingerprint density at radius 2 is 1.90 bits per heavy atom. The molecule has 0 radical (unpaired) electrons. The second-order valence-corrected chi connectivity index (χ2v) is 8.16. The highest BCUT2D eigenvalue weighted by Crippen LogP contribution is 2.20. The number of hydrazine groups is 1. The molecule has 1 aromatic rings. The van der Waals surface area contributed by atoms with Crippen molar-refractivity contribution in [3.05, 3.63) is 29.8 Å². The molecule has 5 nitrogen and oxygen atoms in total. The van der Waals surface area contributed by atoms with E-state index in [-0.39, 0.29) is 17.5 Å². The highest BCUT2D eigenvalue weighted by molar-refractivity contribution is 7.91. The molecule has 1 aliphatic rings. The van der Waals surface area contributed by atoms with Crippen molar-refractivity contribution in [2.24, 2.45) is 0 Å². The fourth-order valence-electron chi connectivity index (χ4n) is 2.46. The third-order valence-electron chi connectivity index (χ3n) is 3.50. The van der Waals surface area contributed by atoms with E-state index in [1.54, 1.807) is 0 Å². The Morgan fingerprint density at radius 3 is 2.38 bits per heavy atom. The summed E-state index contributed by atoms with van der Waals surface area (Å²) in [6.45, 7) is 2.03. The number of nitrogens with zero attached hydrogens (tertiary/aromatic N) is 2. The van der Waals surface area contributed by atoms with Gasteiger partial charge < -0.3 is 5.32 Å². The second kappa shape index (κ2) is 6.29. The van der Waals surface area contributed by atoms with Gasteiger partial charge in [-0.1, -0.05) is 17.7 Å². The van der Waals surface area contributed by atoms with E-state index in [9.17, 15) is 8.42 Å². The van der Waals surface area contributed by atoms with Crippen LogP contribution in [0.2, 0.25) is 0 Å². The number of benzene rings is 1. The van der Waals surface area contributed by atoms with Crippen molar-refractivity contribution in [1.29, 1.82) is 0 Å². The van der Waals surface area contributed by atoms with Crippen LogP contribution in [0, 0.1) is 6.92 Å². The molecule has 0 aromatic heterocycles. The van der Waals surface area contributed by atoms with Crippen molar-refractivity contribution in [2.75, 3.05) is 30.9 Å². The molecule has 116 valence electrons. The Labute approximate surface area is 131 Å². The van der Waals surface area contributed by atoms with Gasteiger partial charge in [-0.15, -0.1) is 0 Å². The number of anilines is 1. The summed E-state index contributed by atoms with van der Waals surface area (Å²) in [5.74, 6) is 0.385. The zero-order valence-corrected chi connectivity index (χ0v) is 14.2. The van der Waals surface area contributed by atoms with Gasteiger partial charge in [-0.2, -0.15) is 0 Å². The molecule has 0 saturated carbocycles. The summed E-state index contributed by atoms with van der Waals surface area (Å²) in [5.41, 5.74) is 2.08. The molecule has 1 N–H and O–H groups in total. The molecule has 21 heavy (non-hydrogen) atoms. The van der Waals surface area contributed by atoms with Gasteiger partial charge in [0.1, 0.15) is 0 Å². The number of aryl methyl sites for hydroxylation is 1. The molecule has 0 unspecified atom stereocenters. The van der Waals surface area contributed by atoms with Gasteiger partial charge in [0.05, 0.1) is 17.5 Å². The van der Waals surface area contributed by atoms with Crippen LogP contribution in [0.5, 0.6) is 0 Å². The Morgan fingerprint density at radius 1 is 1.29 bits per heavy atom. The SMILES string of the molecule is Cc1ccc(NC(=S)N([C@H]2CCS(=O)(=O)C2)N(C)C)cc1. The Bertz CT molecular complexity index is 612. The Balaban J connectivity index is 2.11. The quantitative estimate of drug-likeness (QED) is 0.673. The van der Waals surface area contributed by atoms with Crippen molar-refractivity contribution < 1.29 is 8.42 Å². The van der Waals surface area contributed by atoms with Gasteiger partial charge in [-0.3, -0.25) is 5.01 Å². The van der Waals surface area contributed by atoms with E-state index < -0.39 is 9.84 Å². The summed E-state index contributed by atoms with van der Waals surface area (Å²) in [6.07, 6.45) is 0.607. The minimum absolute atomic E-state index is 0.101. The van der Waals surface area contributed by atoms with Crippen LogP contribution in [0.25, 0.3) is 0 Å². The van der Waals surface area contributed by atoms with E-state index in [1.807, 2.05) is 55.3 Å². The van der Waals surface area contributed by atoms with Gasteiger partial charge in [-0.05, 0) is 37.7 Å². The van der Waals surface area contributed by atoms with Gasteiger partial charge in [0.2, 0.25) is 0 Å². The molecule has 1 atom stereocenters. The fourth-order valence-corrected chi connectivity index (χ4v) is 4.58. The lowest BCUT2D eigenvalue weighted by Gasteiger charge is -2.36. The van der Waals surface area contributed by atoms with Gasteiger partial charge in [0.15, 0.2) is 14.9 Å². The van der Waals surface area contributed by atoms with E-state index in [4.69, 9.17) is 12.2 Å². The summed E-state index contributed by atoms with van der Waals surface area (Å²) >= 11 is 5.46. The molecule has 2 rings (SSSR count). The van der Waals surface area contributed by atoms with Crippen LogP contribution < -0.4 is 5.32 Å². The average molecular weight is 327 g/mol. The smallest absolute Gasteiger partial charge is 0.188 e. The number of thiocarbonyl (C=S) groups is 1. The van der Waals surface area contributed by atoms with E-state index in [1.165, 1.54) is 5.56 Å². The molecule has 0 bridgehead atoms. The Kier molecular flexibility index (Phi) is 4.85. The third-order valence-corrected chi connectivity index (χ3v) is 5.54. The first-order valence-electron chi connectivity index (χ1n) is 6.83. The van der Waals surface area contributed by atoms with Crippen molar-refractivity contribution in [1.82, 2.24) is 10.0 Å². The van der Waals surface area contributed by atoms with Crippen molar-refractivity contribution in [3.63, 3.8) is 0 Å². The minimum Gasteiger partial charge on any atom is -0.332 e. The third kappa shape index (κ3) is 4.15. The highest BCUT2D eigenvalue weighted by Gasteiger charge is 2.34. The zero-order chi connectivity index (χ0) is 15.6. The summed E-state index contributed by atoms with van der Waals surface area (Å²) in [6, 6.07) is 7.83. The number of hydrogen-bond acceptors (Lipinski definition) is 4. The normalized spacial score (nSPS) is 20.5. The van der Waals surface area contributed by atoms with Crippen molar-refractivity contribution in [3.8, 4) is 0 Å². The van der Waals surface area contributed by atoms with Crippen LogP contribution in [-0.2, 0) is 9.84 Å². The van der Waals surface area contributed by atoms with E-state index in [0.717, 1.165) is 5.69 Å². The molecule has 1 aliphatic heterocycles. The summed E-state index contributed by atoms with van der Waals surface area (Å²) in [7, 11) is 0.796. The lowest BCUT2D eigenvalue weighted by Crippen LogP contribution is -2.51. The van der Waals surface area contributed by atoms with Crippen molar-refractivity contribution in [2.45, 2.75) is 19.4 Å². The maximum atomic E-state index is 11.7. The van der Waals surface area contributed by atoms with E-state index >= 15 is 0 Å². The van der Waals surface area contributed by atoms with Gasteiger partial charge >= 0.3 is 0 Å².